The van der Waals surface area contributed by atoms with Gasteiger partial charge in [0.15, 0.2) is 0 Å². The fraction of sp³-hybridized carbons (Fsp3) is 0.235. The van der Waals surface area contributed by atoms with Crippen molar-refractivity contribution < 1.29 is 9.18 Å². The fourth-order valence-corrected chi connectivity index (χ4v) is 2.71. The van der Waals surface area contributed by atoms with E-state index in [0.717, 1.165) is 18.5 Å². The molecule has 0 saturated heterocycles. The average Bonchev–Trinajstić information content (AvgIpc) is 2.49. The van der Waals surface area contributed by atoms with Crippen molar-refractivity contribution in [1.82, 2.24) is 5.32 Å². The highest BCUT2D eigenvalue weighted by Gasteiger charge is 2.25. The van der Waals surface area contributed by atoms with E-state index in [1.807, 2.05) is 18.2 Å². The van der Waals surface area contributed by atoms with E-state index < -0.39 is 0 Å². The van der Waals surface area contributed by atoms with Crippen molar-refractivity contribution in [2.75, 3.05) is 11.9 Å². The molecule has 0 radical (unpaired) electrons. The SMILES string of the molecule is Cc1cc(F)ccc1NC(=O)C1NCCc2ccccc21. The van der Waals surface area contributed by atoms with E-state index in [2.05, 4.69) is 16.7 Å². The van der Waals surface area contributed by atoms with Gasteiger partial charge in [-0.05, 0) is 48.2 Å². The van der Waals surface area contributed by atoms with E-state index in [1.54, 1.807) is 13.0 Å². The molecule has 1 aliphatic heterocycles. The minimum absolute atomic E-state index is 0.114. The Bertz CT molecular complexity index is 684. The van der Waals surface area contributed by atoms with Gasteiger partial charge in [-0.15, -0.1) is 0 Å². The Balaban J connectivity index is 1.83. The molecule has 0 bridgehead atoms. The Labute approximate surface area is 123 Å². The zero-order valence-corrected chi connectivity index (χ0v) is 11.8. The summed E-state index contributed by atoms with van der Waals surface area (Å²) in [7, 11) is 0. The lowest BCUT2D eigenvalue weighted by molar-refractivity contribution is -0.118. The molecule has 0 aliphatic carbocycles. The number of anilines is 1. The highest BCUT2D eigenvalue weighted by Crippen LogP contribution is 2.25. The first kappa shape index (κ1) is 13.8. The number of benzene rings is 2. The van der Waals surface area contributed by atoms with E-state index in [4.69, 9.17) is 0 Å². The summed E-state index contributed by atoms with van der Waals surface area (Å²) < 4.78 is 13.1. The molecule has 0 fully saturated rings. The number of aryl methyl sites for hydroxylation is 1. The van der Waals surface area contributed by atoms with Crippen molar-refractivity contribution in [2.24, 2.45) is 0 Å². The molecule has 3 rings (SSSR count). The van der Waals surface area contributed by atoms with Crippen molar-refractivity contribution >= 4 is 11.6 Å². The molecule has 0 spiro atoms. The Morgan fingerprint density at radius 1 is 1.29 bits per heavy atom. The lowest BCUT2D eigenvalue weighted by Gasteiger charge is -2.26. The molecule has 1 heterocycles. The summed E-state index contributed by atoms with van der Waals surface area (Å²) in [5.74, 6) is -0.413. The van der Waals surface area contributed by atoms with Crippen LogP contribution in [0.15, 0.2) is 42.5 Å². The molecule has 0 aromatic heterocycles. The van der Waals surface area contributed by atoms with Gasteiger partial charge in [-0.1, -0.05) is 24.3 Å². The highest BCUT2D eigenvalue weighted by atomic mass is 19.1. The van der Waals surface area contributed by atoms with Gasteiger partial charge in [0.1, 0.15) is 11.9 Å². The molecule has 1 unspecified atom stereocenters. The molecule has 2 aromatic rings. The quantitative estimate of drug-likeness (QED) is 0.890. The Kier molecular flexibility index (Phi) is 3.71. The molecule has 3 nitrogen and oxygen atoms in total. The van der Waals surface area contributed by atoms with Crippen LogP contribution in [0.4, 0.5) is 10.1 Å². The van der Waals surface area contributed by atoms with Gasteiger partial charge < -0.3 is 10.6 Å². The van der Waals surface area contributed by atoms with E-state index in [9.17, 15) is 9.18 Å². The minimum atomic E-state index is -0.362. The second kappa shape index (κ2) is 5.66. The number of hydrogen-bond acceptors (Lipinski definition) is 2. The van der Waals surface area contributed by atoms with E-state index in [-0.39, 0.29) is 17.8 Å². The molecule has 21 heavy (non-hydrogen) atoms. The average molecular weight is 284 g/mol. The third kappa shape index (κ3) is 2.81. The predicted octanol–water partition coefficient (Wildman–Crippen LogP) is 2.96. The minimum Gasteiger partial charge on any atom is -0.324 e. The smallest absolute Gasteiger partial charge is 0.246 e. The lowest BCUT2D eigenvalue weighted by Crippen LogP contribution is -2.38. The standard InChI is InChI=1S/C17H17FN2O/c1-11-10-13(18)6-7-15(11)20-17(21)16-14-5-3-2-4-12(14)8-9-19-16/h2-7,10,16,19H,8-9H2,1H3,(H,20,21). The lowest BCUT2D eigenvalue weighted by atomic mass is 9.94. The van der Waals surface area contributed by atoms with Crippen LogP contribution in [0.3, 0.4) is 0 Å². The topological polar surface area (TPSA) is 41.1 Å². The summed E-state index contributed by atoms with van der Waals surface area (Å²) in [6, 6.07) is 12.0. The summed E-state index contributed by atoms with van der Waals surface area (Å²) in [5.41, 5.74) is 3.58. The first-order valence-electron chi connectivity index (χ1n) is 7.03. The number of fused-ring (bicyclic) bond motifs is 1. The molecular weight excluding hydrogens is 267 g/mol. The van der Waals surface area contributed by atoms with Crippen LogP contribution in [0.1, 0.15) is 22.7 Å². The van der Waals surface area contributed by atoms with Gasteiger partial charge >= 0.3 is 0 Å². The first-order chi connectivity index (χ1) is 10.1. The summed E-state index contributed by atoms with van der Waals surface area (Å²) in [4.78, 5) is 12.5. The summed E-state index contributed by atoms with van der Waals surface area (Å²) >= 11 is 0. The molecule has 108 valence electrons. The fourth-order valence-electron chi connectivity index (χ4n) is 2.71. The van der Waals surface area contributed by atoms with Crippen LogP contribution in [0, 0.1) is 12.7 Å². The maximum absolute atomic E-state index is 13.1. The highest BCUT2D eigenvalue weighted by molar-refractivity contribution is 5.96. The van der Waals surface area contributed by atoms with Crippen LogP contribution < -0.4 is 10.6 Å². The molecule has 1 atom stereocenters. The molecule has 2 aromatic carbocycles. The second-order valence-electron chi connectivity index (χ2n) is 5.28. The number of amides is 1. The zero-order valence-electron chi connectivity index (χ0n) is 11.8. The van der Waals surface area contributed by atoms with Gasteiger partial charge in [0.2, 0.25) is 5.91 Å². The van der Waals surface area contributed by atoms with E-state index in [1.165, 1.54) is 17.7 Å². The van der Waals surface area contributed by atoms with Crippen molar-refractivity contribution in [2.45, 2.75) is 19.4 Å². The van der Waals surface area contributed by atoms with Crippen molar-refractivity contribution in [1.29, 1.82) is 0 Å². The van der Waals surface area contributed by atoms with Gasteiger partial charge in [-0.2, -0.15) is 0 Å². The van der Waals surface area contributed by atoms with Crippen molar-refractivity contribution in [3.05, 3.63) is 65.0 Å². The molecule has 1 aliphatic rings. The van der Waals surface area contributed by atoms with Crippen LogP contribution in [-0.2, 0) is 11.2 Å². The van der Waals surface area contributed by atoms with Gasteiger partial charge in [0, 0.05) is 12.2 Å². The maximum atomic E-state index is 13.1. The predicted molar refractivity (Wildman–Crippen MR) is 80.7 cm³/mol. The van der Waals surface area contributed by atoms with Crippen LogP contribution in [-0.4, -0.2) is 12.5 Å². The number of carbonyl (C=O) groups is 1. The molecule has 1 amide bonds. The van der Waals surface area contributed by atoms with E-state index in [0.29, 0.717) is 11.3 Å². The maximum Gasteiger partial charge on any atom is 0.246 e. The number of nitrogens with one attached hydrogen (secondary N) is 2. The van der Waals surface area contributed by atoms with Gasteiger partial charge in [-0.25, -0.2) is 4.39 Å². The Morgan fingerprint density at radius 3 is 2.90 bits per heavy atom. The molecule has 4 heteroatoms. The summed E-state index contributed by atoms with van der Waals surface area (Å²) in [5, 5.41) is 6.12. The summed E-state index contributed by atoms with van der Waals surface area (Å²) in [6.07, 6.45) is 0.926. The Hall–Kier alpha value is -2.20. The van der Waals surface area contributed by atoms with Crippen LogP contribution in [0.5, 0.6) is 0 Å². The normalized spacial score (nSPS) is 17.1. The monoisotopic (exact) mass is 284 g/mol. The van der Waals surface area contributed by atoms with E-state index >= 15 is 0 Å². The van der Waals surface area contributed by atoms with Crippen molar-refractivity contribution in [3.8, 4) is 0 Å². The number of halogens is 1. The first-order valence-corrected chi connectivity index (χ1v) is 7.03. The zero-order chi connectivity index (χ0) is 14.8. The molecular formula is C17H17FN2O. The van der Waals surface area contributed by atoms with Gasteiger partial charge in [0.25, 0.3) is 0 Å². The van der Waals surface area contributed by atoms with Gasteiger partial charge in [0.05, 0.1) is 0 Å². The third-order valence-corrected chi connectivity index (χ3v) is 3.82. The second-order valence-corrected chi connectivity index (χ2v) is 5.28. The van der Waals surface area contributed by atoms with Crippen molar-refractivity contribution in [3.63, 3.8) is 0 Å². The van der Waals surface area contributed by atoms with Crippen LogP contribution >= 0.6 is 0 Å². The summed E-state index contributed by atoms with van der Waals surface area (Å²) in [6.45, 7) is 2.55. The Morgan fingerprint density at radius 2 is 2.10 bits per heavy atom. The number of hydrogen-bond donors (Lipinski definition) is 2. The largest absolute Gasteiger partial charge is 0.324 e. The molecule has 0 saturated carbocycles. The van der Waals surface area contributed by atoms with Crippen LogP contribution in [0.2, 0.25) is 0 Å². The number of rotatable bonds is 2. The van der Waals surface area contributed by atoms with Crippen LogP contribution in [0.25, 0.3) is 0 Å². The van der Waals surface area contributed by atoms with Gasteiger partial charge in [-0.3, -0.25) is 4.79 Å². The third-order valence-electron chi connectivity index (χ3n) is 3.82. The molecule has 2 N–H and O–H groups in total. The number of carbonyl (C=O) groups excluding carboxylic acids is 1.